The van der Waals surface area contributed by atoms with Gasteiger partial charge in [0.2, 0.25) is 5.91 Å². The van der Waals surface area contributed by atoms with Crippen molar-refractivity contribution < 1.29 is 9.21 Å². The number of amides is 1. The largest absolute Gasteiger partial charge is 0.467 e. The van der Waals surface area contributed by atoms with Gasteiger partial charge in [-0.2, -0.15) is 5.26 Å². The van der Waals surface area contributed by atoms with E-state index in [1.54, 1.807) is 6.26 Å². The van der Waals surface area contributed by atoms with Gasteiger partial charge in [0.15, 0.2) is 0 Å². The van der Waals surface area contributed by atoms with Crippen molar-refractivity contribution in [1.29, 1.82) is 5.26 Å². The number of allylic oxidation sites excluding steroid dienone is 4. The topological polar surface area (TPSA) is 66.0 Å². The van der Waals surface area contributed by atoms with Gasteiger partial charge in [-0.15, -0.1) is 0 Å². The molecule has 0 aromatic carbocycles. The van der Waals surface area contributed by atoms with Crippen molar-refractivity contribution in [3.63, 3.8) is 0 Å². The van der Waals surface area contributed by atoms with Gasteiger partial charge in [0.1, 0.15) is 5.76 Å². The summed E-state index contributed by atoms with van der Waals surface area (Å²) in [5, 5.41) is 12.7. The third kappa shape index (κ3) is 3.11. The molecule has 4 heteroatoms. The van der Waals surface area contributed by atoms with E-state index >= 15 is 0 Å². The number of hydrogen-bond donors (Lipinski definition) is 1. The van der Waals surface area contributed by atoms with Crippen LogP contribution in [0.2, 0.25) is 0 Å². The number of fused-ring (bicyclic) bond motifs is 5. The number of rotatable bonds is 3. The Morgan fingerprint density at radius 2 is 2.03 bits per heavy atom. The van der Waals surface area contributed by atoms with Crippen molar-refractivity contribution in [3.05, 3.63) is 47.5 Å². The molecule has 170 valence electrons. The van der Waals surface area contributed by atoms with Crippen molar-refractivity contribution in [2.24, 2.45) is 34.5 Å². The Morgan fingerprint density at radius 1 is 1.22 bits per heavy atom. The second-order valence-corrected chi connectivity index (χ2v) is 11.7. The molecule has 2 fully saturated rings. The van der Waals surface area contributed by atoms with Gasteiger partial charge in [-0.05, 0) is 111 Å². The first-order valence-electron chi connectivity index (χ1n) is 12.4. The minimum absolute atomic E-state index is 0.0640. The number of hydrogen-bond acceptors (Lipinski definition) is 3. The summed E-state index contributed by atoms with van der Waals surface area (Å²) in [7, 11) is 0. The molecule has 4 aliphatic carbocycles. The molecule has 1 N–H and O–H groups in total. The molecule has 1 amide bonds. The highest BCUT2D eigenvalue weighted by Gasteiger charge is 2.59. The lowest BCUT2D eigenvalue weighted by Crippen LogP contribution is -2.52. The molecule has 6 atom stereocenters. The highest BCUT2D eigenvalue weighted by Crippen LogP contribution is 2.66. The molecule has 1 aromatic heterocycles. The predicted molar refractivity (Wildman–Crippen MR) is 124 cm³/mol. The predicted octanol–water partition coefficient (Wildman–Crippen LogP) is 6.27. The van der Waals surface area contributed by atoms with Gasteiger partial charge < -0.3 is 9.73 Å². The van der Waals surface area contributed by atoms with Crippen LogP contribution in [0.15, 0.2) is 46.1 Å². The summed E-state index contributed by atoms with van der Waals surface area (Å²) in [5.41, 5.74) is 2.08. The normalized spacial score (nSPS) is 38.5. The molecule has 5 rings (SSSR count). The molecular formula is C28H36N2O2. The zero-order valence-corrected chi connectivity index (χ0v) is 19.9. The second kappa shape index (κ2) is 7.37. The average Bonchev–Trinajstić information content (AvgIpc) is 3.41. The Labute approximate surface area is 192 Å². The summed E-state index contributed by atoms with van der Waals surface area (Å²) >= 11 is 0. The van der Waals surface area contributed by atoms with Crippen LogP contribution in [0.25, 0.3) is 0 Å². The van der Waals surface area contributed by atoms with Crippen molar-refractivity contribution in [1.82, 2.24) is 5.32 Å². The molecule has 4 aliphatic rings. The number of nitrogens with zero attached hydrogens (tertiary/aromatic N) is 1. The maximum atomic E-state index is 13.5. The van der Waals surface area contributed by atoms with Gasteiger partial charge in [0.05, 0.1) is 17.9 Å². The summed E-state index contributed by atoms with van der Waals surface area (Å²) in [6, 6.07) is 6.20. The first-order chi connectivity index (χ1) is 15.2. The standard InChI is InChI=1S/C28H36N2O2/c1-26(2,24-6-5-15-32-24)30-25(31)23-10-9-21-20-8-7-19-16-18(17-29)11-13-27(19,3)22(20)12-14-28(21,23)4/h5-7,15-16,20-23H,8-14H2,1-4H3,(H,30,31)/t20-,21-,22-,23+,27-,28-/m0/s1. The zero-order chi connectivity index (χ0) is 22.7. The first-order valence-corrected chi connectivity index (χ1v) is 12.4. The molecule has 4 nitrogen and oxygen atoms in total. The smallest absolute Gasteiger partial charge is 0.224 e. The lowest BCUT2D eigenvalue weighted by Gasteiger charge is -2.56. The molecule has 0 spiro atoms. The van der Waals surface area contributed by atoms with Crippen LogP contribution in [-0.2, 0) is 10.3 Å². The molecule has 0 bridgehead atoms. The van der Waals surface area contributed by atoms with Crippen molar-refractivity contribution in [2.45, 2.75) is 78.2 Å². The van der Waals surface area contributed by atoms with E-state index in [4.69, 9.17) is 4.42 Å². The van der Waals surface area contributed by atoms with E-state index in [-0.39, 0.29) is 22.7 Å². The second-order valence-electron chi connectivity index (χ2n) is 11.7. The van der Waals surface area contributed by atoms with Crippen LogP contribution in [0.4, 0.5) is 0 Å². The van der Waals surface area contributed by atoms with Crippen LogP contribution in [-0.4, -0.2) is 5.91 Å². The maximum Gasteiger partial charge on any atom is 0.224 e. The molecule has 0 saturated heterocycles. The molecule has 1 heterocycles. The Bertz CT molecular complexity index is 1010. The minimum atomic E-state index is -0.505. The van der Waals surface area contributed by atoms with E-state index in [0.29, 0.717) is 17.8 Å². The third-order valence-corrected chi connectivity index (χ3v) is 9.80. The van der Waals surface area contributed by atoms with Gasteiger partial charge in [-0.3, -0.25) is 4.79 Å². The fraction of sp³-hybridized carbons (Fsp3) is 0.643. The maximum absolute atomic E-state index is 13.5. The van der Waals surface area contributed by atoms with E-state index in [1.807, 2.05) is 26.0 Å². The number of carbonyl (C=O) groups is 1. The van der Waals surface area contributed by atoms with Gasteiger partial charge >= 0.3 is 0 Å². The summed E-state index contributed by atoms with van der Waals surface area (Å²) in [4.78, 5) is 13.5. The van der Waals surface area contributed by atoms with Crippen LogP contribution >= 0.6 is 0 Å². The number of nitriles is 1. The molecule has 0 unspecified atom stereocenters. The van der Waals surface area contributed by atoms with Gasteiger partial charge in [-0.25, -0.2) is 0 Å². The lowest BCUT2D eigenvalue weighted by atomic mass is 9.48. The highest BCUT2D eigenvalue weighted by atomic mass is 16.3. The Balaban J connectivity index is 1.38. The third-order valence-electron chi connectivity index (χ3n) is 9.80. The van der Waals surface area contributed by atoms with Crippen molar-refractivity contribution >= 4 is 5.91 Å². The first kappa shape index (κ1) is 21.6. The van der Waals surface area contributed by atoms with E-state index in [9.17, 15) is 10.1 Å². The number of furan rings is 1. The van der Waals surface area contributed by atoms with E-state index in [0.717, 1.165) is 49.9 Å². The minimum Gasteiger partial charge on any atom is -0.467 e. The Kier molecular flexibility index (Phi) is 4.97. The quantitative estimate of drug-likeness (QED) is 0.612. The van der Waals surface area contributed by atoms with Crippen molar-refractivity contribution in [2.75, 3.05) is 0 Å². The monoisotopic (exact) mass is 432 g/mol. The summed E-state index contributed by atoms with van der Waals surface area (Å²) in [6.45, 7) is 8.88. The number of nitrogens with one attached hydrogen (secondary N) is 1. The van der Waals surface area contributed by atoms with E-state index in [1.165, 1.54) is 12.0 Å². The summed E-state index contributed by atoms with van der Waals surface area (Å²) in [6.07, 6.45) is 13.8. The van der Waals surface area contributed by atoms with E-state index < -0.39 is 5.54 Å². The van der Waals surface area contributed by atoms with Gasteiger partial charge in [-0.1, -0.05) is 19.9 Å². The fourth-order valence-electron chi connectivity index (χ4n) is 7.94. The average molecular weight is 433 g/mol. The molecule has 1 aromatic rings. The highest BCUT2D eigenvalue weighted by molar-refractivity contribution is 5.80. The molecule has 0 aliphatic heterocycles. The van der Waals surface area contributed by atoms with Crippen LogP contribution in [0.1, 0.15) is 78.4 Å². The molecule has 0 radical (unpaired) electrons. The fourth-order valence-corrected chi connectivity index (χ4v) is 7.94. The molecular weight excluding hydrogens is 396 g/mol. The Hall–Kier alpha value is -2.28. The SMILES string of the molecule is CC(C)(NC(=O)[C@H]1CC[C@H]2[C@@H]3CC=C4C=C(C#N)CC[C@]4(C)[C@H]3CC[C@]12C)c1ccco1. The summed E-state index contributed by atoms with van der Waals surface area (Å²) in [5.74, 6) is 2.97. The van der Waals surface area contributed by atoms with Crippen molar-refractivity contribution in [3.8, 4) is 6.07 Å². The van der Waals surface area contributed by atoms with Crippen LogP contribution < -0.4 is 5.32 Å². The zero-order valence-electron chi connectivity index (χ0n) is 19.9. The van der Waals surface area contributed by atoms with Gasteiger partial charge in [0.25, 0.3) is 0 Å². The number of carbonyl (C=O) groups excluding carboxylic acids is 1. The molecule has 2 saturated carbocycles. The molecule has 32 heavy (non-hydrogen) atoms. The van der Waals surface area contributed by atoms with Crippen LogP contribution in [0, 0.1) is 45.8 Å². The van der Waals surface area contributed by atoms with E-state index in [2.05, 4.69) is 37.4 Å². The van der Waals surface area contributed by atoms with Crippen LogP contribution in [0.5, 0.6) is 0 Å². The summed E-state index contributed by atoms with van der Waals surface area (Å²) < 4.78 is 5.60. The van der Waals surface area contributed by atoms with Gasteiger partial charge in [0, 0.05) is 11.5 Å². The lowest BCUT2D eigenvalue weighted by molar-refractivity contribution is -0.133. The Morgan fingerprint density at radius 3 is 2.75 bits per heavy atom. The van der Waals surface area contributed by atoms with Crippen LogP contribution in [0.3, 0.4) is 0 Å².